The Hall–Kier alpha value is -1.89. The van der Waals surface area contributed by atoms with Crippen molar-refractivity contribution < 1.29 is 23.8 Å². The number of hydrogen-bond acceptors (Lipinski definition) is 6. The molecule has 0 spiro atoms. The molecule has 0 fully saturated rings. The van der Waals surface area contributed by atoms with E-state index in [1.165, 1.54) is 0 Å². The molecule has 0 aromatic heterocycles. The molecule has 0 aliphatic rings. The molecule has 7 heteroatoms. The van der Waals surface area contributed by atoms with Crippen molar-refractivity contribution in [2.24, 2.45) is 0 Å². The van der Waals surface area contributed by atoms with E-state index in [1.807, 2.05) is 52.8 Å². The number of carbonyl (C=O) groups is 2. The van der Waals surface area contributed by atoms with Crippen LogP contribution in [0.25, 0.3) is 0 Å². The van der Waals surface area contributed by atoms with Crippen LogP contribution >= 0.6 is 11.8 Å². The van der Waals surface area contributed by atoms with Gasteiger partial charge in [-0.3, -0.25) is 0 Å². The number of thioether (sulfide) groups is 1. The van der Waals surface area contributed by atoms with Crippen LogP contribution in [0.2, 0.25) is 0 Å². The monoisotopic (exact) mass is 411 g/mol. The third-order valence-electron chi connectivity index (χ3n) is 3.57. The molecule has 158 valence electrons. The summed E-state index contributed by atoms with van der Waals surface area (Å²) in [5.74, 6) is 1.05. The first kappa shape index (κ1) is 24.1. The number of aryl methyl sites for hydroxylation is 1. The SMILES string of the molecule is CCCN(CCSc1ccc(OCC(=O)OCC)c(C)c1)C(=O)OC(C)(C)C. The summed E-state index contributed by atoms with van der Waals surface area (Å²) in [5.41, 5.74) is 0.457. The zero-order valence-corrected chi connectivity index (χ0v) is 18.7. The molecule has 28 heavy (non-hydrogen) atoms. The minimum atomic E-state index is -0.493. The van der Waals surface area contributed by atoms with Crippen LogP contribution in [-0.4, -0.2) is 54.6 Å². The van der Waals surface area contributed by atoms with Crippen molar-refractivity contribution in [1.82, 2.24) is 4.90 Å². The summed E-state index contributed by atoms with van der Waals surface area (Å²) in [6.07, 6.45) is 0.615. The van der Waals surface area contributed by atoms with Gasteiger partial charge in [-0.2, -0.15) is 0 Å². The molecular weight excluding hydrogens is 378 g/mol. The Kier molecular flexibility index (Phi) is 10.2. The lowest BCUT2D eigenvalue weighted by atomic mass is 10.2. The summed E-state index contributed by atoms with van der Waals surface area (Å²) in [6.45, 7) is 12.9. The van der Waals surface area contributed by atoms with Crippen LogP contribution in [0.4, 0.5) is 4.79 Å². The van der Waals surface area contributed by atoms with E-state index in [9.17, 15) is 9.59 Å². The standard InChI is InChI=1S/C21H33NO5S/c1-7-11-22(20(24)27-21(4,5)6)12-13-28-17-9-10-18(16(3)14-17)26-15-19(23)25-8-2/h9-10,14H,7-8,11-13,15H2,1-6H3. The van der Waals surface area contributed by atoms with Gasteiger partial charge in [0, 0.05) is 23.7 Å². The third kappa shape index (κ3) is 9.35. The summed E-state index contributed by atoms with van der Waals surface area (Å²) in [7, 11) is 0. The first-order valence-corrected chi connectivity index (χ1v) is 10.6. The summed E-state index contributed by atoms with van der Waals surface area (Å²) in [4.78, 5) is 26.5. The van der Waals surface area contributed by atoms with Crippen molar-refractivity contribution in [3.8, 4) is 5.75 Å². The number of hydrogen-bond donors (Lipinski definition) is 0. The van der Waals surface area contributed by atoms with E-state index in [0.717, 1.165) is 22.6 Å². The zero-order chi connectivity index (χ0) is 21.2. The lowest BCUT2D eigenvalue weighted by Crippen LogP contribution is -2.38. The molecule has 0 bridgehead atoms. The molecule has 0 radical (unpaired) electrons. The molecule has 0 unspecified atom stereocenters. The van der Waals surface area contributed by atoms with Gasteiger partial charge in [0.2, 0.25) is 0 Å². The van der Waals surface area contributed by atoms with Crippen LogP contribution in [0, 0.1) is 6.92 Å². The Morgan fingerprint density at radius 1 is 1.14 bits per heavy atom. The van der Waals surface area contributed by atoms with E-state index in [-0.39, 0.29) is 18.7 Å². The van der Waals surface area contributed by atoms with E-state index in [4.69, 9.17) is 14.2 Å². The van der Waals surface area contributed by atoms with Gasteiger partial charge >= 0.3 is 12.1 Å². The second kappa shape index (κ2) is 11.8. The summed E-state index contributed by atoms with van der Waals surface area (Å²) in [5, 5.41) is 0. The molecule has 0 N–H and O–H groups in total. The minimum absolute atomic E-state index is 0.0942. The Morgan fingerprint density at radius 2 is 1.86 bits per heavy atom. The fraction of sp³-hybridized carbons (Fsp3) is 0.619. The number of ether oxygens (including phenoxy) is 3. The minimum Gasteiger partial charge on any atom is -0.482 e. The van der Waals surface area contributed by atoms with E-state index < -0.39 is 5.60 Å². The number of amides is 1. The first-order valence-electron chi connectivity index (χ1n) is 9.66. The molecule has 0 atom stereocenters. The summed E-state index contributed by atoms with van der Waals surface area (Å²) in [6, 6.07) is 5.83. The second-order valence-electron chi connectivity index (χ2n) is 7.34. The van der Waals surface area contributed by atoms with Crippen molar-refractivity contribution >= 4 is 23.8 Å². The Balaban J connectivity index is 2.55. The van der Waals surface area contributed by atoms with Gasteiger partial charge in [0.1, 0.15) is 11.4 Å². The molecule has 0 aliphatic heterocycles. The molecule has 1 amide bonds. The van der Waals surface area contributed by atoms with Gasteiger partial charge in [-0.25, -0.2) is 9.59 Å². The van der Waals surface area contributed by atoms with Gasteiger partial charge in [-0.1, -0.05) is 6.92 Å². The Labute approximate surface area is 172 Å². The van der Waals surface area contributed by atoms with Crippen molar-refractivity contribution in [2.45, 2.75) is 58.5 Å². The highest BCUT2D eigenvalue weighted by atomic mass is 32.2. The first-order chi connectivity index (χ1) is 13.2. The van der Waals surface area contributed by atoms with Crippen molar-refractivity contribution in [1.29, 1.82) is 0 Å². The maximum absolute atomic E-state index is 12.3. The largest absolute Gasteiger partial charge is 0.482 e. The number of benzene rings is 1. The van der Waals surface area contributed by atoms with Crippen LogP contribution in [-0.2, 0) is 14.3 Å². The van der Waals surface area contributed by atoms with Gasteiger partial charge < -0.3 is 19.1 Å². The molecule has 0 saturated heterocycles. The van der Waals surface area contributed by atoms with Crippen molar-refractivity contribution in [3.05, 3.63) is 23.8 Å². The number of nitrogens with zero attached hydrogens (tertiary/aromatic N) is 1. The lowest BCUT2D eigenvalue weighted by molar-refractivity contribution is -0.145. The van der Waals surface area contributed by atoms with Gasteiger partial charge in [0.05, 0.1) is 6.61 Å². The van der Waals surface area contributed by atoms with Gasteiger partial charge in [-0.15, -0.1) is 11.8 Å². The highest BCUT2D eigenvalue weighted by Crippen LogP contribution is 2.26. The Morgan fingerprint density at radius 3 is 2.43 bits per heavy atom. The molecule has 0 saturated carbocycles. The maximum Gasteiger partial charge on any atom is 0.410 e. The smallest absolute Gasteiger partial charge is 0.410 e. The molecule has 1 rings (SSSR count). The zero-order valence-electron chi connectivity index (χ0n) is 17.9. The maximum atomic E-state index is 12.3. The van der Waals surface area contributed by atoms with E-state index in [1.54, 1.807) is 23.6 Å². The van der Waals surface area contributed by atoms with Crippen LogP contribution in [0.3, 0.4) is 0 Å². The molecule has 6 nitrogen and oxygen atoms in total. The van der Waals surface area contributed by atoms with Gasteiger partial charge in [0.15, 0.2) is 6.61 Å². The summed E-state index contributed by atoms with van der Waals surface area (Å²) >= 11 is 1.67. The third-order valence-corrected chi connectivity index (χ3v) is 4.55. The topological polar surface area (TPSA) is 65.1 Å². The molecular formula is C21H33NO5S. The quantitative estimate of drug-likeness (QED) is 0.412. The highest BCUT2D eigenvalue weighted by molar-refractivity contribution is 7.99. The molecule has 0 heterocycles. The van der Waals surface area contributed by atoms with Crippen LogP contribution in [0.5, 0.6) is 5.75 Å². The predicted molar refractivity (Wildman–Crippen MR) is 112 cm³/mol. The van der Waals surface area contributed by atoms with E-state index in [0.29, 0.717) is 25.4 Å². The number of esters is 1. The average molecular weight is 412 g/mol. The molecule has 1 aromatic rings. The van der Waals surface area contributed by atoms with Gasteiger partial charge in [0.25, 0.3) is 0 Å². The van der Waals surface area contributed by atoms with E-state index in [2.05, 4.69) is 0 Å². The fourth-order valence-corrected chi connectivity index (χ4v) is 3.35. The fourth-order valence-electron chi connectivity index (χ4n) is 2.38. The lowest BCUT2D eigenvalue weighted by Gasteiger charge is -2.27. The normalized spacial score (nSPS) is 11.1. The van der Waals surface area contributed by atoms with Crippen molar-refractivity contribution in [2.75, 3.05) is 32.1 Å². The van der Waals surface area contributed by atoms with Gasteiger partial charge in [-0.05, 0) is 64.8 Å². The molecule has 0 aliphatic carbocycles. The van der Waals surface area contributed by atoms with E-state index >= 15 is 0 Å². The van der Waals surface area contributed by atoms with Crippen LogP contribution in [0.1, 0.15) is 46.6 Å². The Bertz CT molecular complexity index is 642. The summed E-state index contributed by atoms with van der Waals surface area (Å²) < 4.78 is 15.8. The predicted octanol–water partition coefficient (Wildman–Crippen LogP) is 4.68. The highest BCUT2D eigenvalue weighted by Gasteiger charge is 2.21. The number of carbonyl (C=O) groups excluding carboxylic acids is 2. The molecule has 1 aromatic carbocycles. The number of rotatable bonds is 10. The average Bonchev–Trinajstić information content (AvgIpc) is 2.59. The second-order valence-corrected chi connectivity index (χ2v) is 8.51. The van der Waals surface area contributed by atoms with Crippen LogP contribution < -0.4 is 4.74 Å². The van der Waals surface area contributed by atoms with Crippen molar-refractivity contribution in [3.63, 3.8) is 0 Å². The van der Waals surface area contributed by atoms with Crippen LogP contribution in [0.15, 0.2) is 23.1 Å².